The third-order valence-corrected chi connectivity index (χ3v) is 8.81. The summed E-state index contributed by atoms with van der Waals surface area (Å²) in [5.74, 6) is 0.531. The summed E-state index contributed by atoms with van der Waals surface area (Å²) < 4.78 is 12.2. The number of pyridine rings is 1. The van der Waals surface area contributed by atoms with Crippen LogP contribution in [0.2, 0.25) is 10.0 Å². The van der Waals surface area contributed by atoms with Crippen LogP contribution in [0.5, 0.6) is 17.2 Å². The predicted octanol–water partition coefficient (Wildman–Crippen LogP) is 7.23. The Morgan fingerprint density at radius 1 is 0.977 bits per heavy atom. The molecule has 1 fully saturated rings. The van der Waals surface area contributed by atoms with Crippen LogP contribution >= 0.6 is 23.2 Å². The van der Waals surface area contributed by atoms with E-state index in [1.807, 2.05) is 6.08 Å². The monoisotopic (exact) mass is 636 g/mol. The fraction of sp³-hybridized carbons (Fsp3) is 0.412. The maximum atomic E-state index is 12.9. The normalized spacial score (nSPS) is 15.7. The number of aromatic nitrogens is 1. The van der Waals surface area contributed by atoms with E-state index in [9.17, 15) is 9.59 Å². The molecule has 232 valence electrons. The number of fused-ring (bicyclic) bond motifs is 1. The summed E-state index contributed by atoms with van der Waals surface area (Å²) >= 11 is 13.3. The number of rotatable bonds is 11. The van der Waals surface area contributed by atoms with Crippen molar-refractivity contribution in [2.24, 2.45) is 16.1 Å². The molecule has 3 aromatic rings. The minimum atomic E-state index is -0.612. The molecule has 5 rings (SSSR count). The molecule has 3 heterocycles. The van der Waals surface area contributed by atoms with E-state index >= 15 is 0 Å². The average molecular weight is 638 g/mol. The molecule has 0 radical (unpaired) electrons. The molecular formula is C34H38Cl2N4O4. The molecule has 0 spiro atoms. The van der Waals surface area contributed by atoms with Crippen LogP contribution in [0.3, 0.4) is 0 Å². The van der Waals surface area contributed by atoms with Crippen molar-refractivity contribution in [3.05, 3.63) is 69.3 Å². The second-order valence-corrected chi connectivity index (χ2v) is 13.1. The SMILES string of the molecule is CC(C)(C)C1=NCC(CC(=O)Cc2ccc(Oc3ccnc4cc(OCCN5CCCCC5)c(C(N)=O)cc34)c(Cl)c2Cl)=C1. The van der Waals surface area contributed by atoms with Crippen molar-refractivity contribution in [3.8, 4) is 17.2 Å². The van der Waals surface area contributed by atoms with Crippen LogP contribution in [-0.4, -0.2) is 60.1 Å². The Labute approximate surface area is 268 Å². The maximum absolute atomic E-state index is 12.9. The van der Waals surface area contributed by atoms with Gasteiger partial charge in [0.2, 0.25) is 0 Å². The number of piperidine rings is 1. The molecule has 1 aromatic heterocycles. The highest BCUT2D eigenvalue weighted by Crippen LogP contribution is 2.40. The van der Waals surface area contributed by atoms with E-state index in [0.717, 1.165) is 30.9 Å². The molecule has 0 bridgehead atoms. The molecule has 2 aromatic carbocycles. The van der Waals surface area contributed by atoms with Crippen LogP contribution in [-0.2, 0) is 11.2 Å². The van der Waals surface area contributed by atoms with Gasteiger partial charge in [0.1, 0.15) is 34.7 Å². The van der Waals surface area contributed by atoms with Crippen molar-refractivity contribution in [2.75, 3.05) is 32.8 Å². The number of halogens is 2. The number of carbonyl (C=O) groups excluding carboxylic acids is 2. The lowest BCUT2D eigenvalue weighted by Crippen LogP contribution is -2.33. The molecule has 1 saturated heterocycles. The minimum Gasteiger partial charge on any atom is -0.491 e. The first-order valence-corrected chi connectivity index (χ1v) is 15.7. The van der Waals surface area contributed by atoms with E-state index < -0.39 is 5.91 Å². The van der Waals surface area contributed by atoms with Gasteiger partial charge in [0.05, 0.1) is 22.6 Å². The molecule has 2 N–H and O–H groups in total. The molecule has 0 aliphatic carbocycles. The van der Waals surface area contributed by atoms with E-state index in [4.69, 9.17) is 38.4 Å². The van der Waals surface area contributed by atoms with Gasteiger partial charge in [-0.25, -0.2) is 0 Å². The predicted molar refractivity (Wildman–Crippen MR) is 176 cm³/mol. The zero-order valence-corrected chi connectivity index (χ0v) is 26.9. The molecule has 10 heteroatoms. The molecule has 0 unspecified atom stereocenters. The summed E-state index contributed by atoms with van der Waals surface area (Å²) in [5.41, 5.74) is 9.11. The zero-order valence-electron chi connectivity index (χ0n) is 25.4. The van der Waals surface area contributed by atoms with Crippen molar-refractivity contribution >= 4 is 51.5 Å². The number of likely N-dealkylation sites (tertiary alicyclic amines) is 1. The number of Topliss-reactive ketones (excluding diaryl/α,β-unsaturated/α-hetero) is 1. The highest BCUT2D eigenvalue weighted by Gasteiger charge is 2.23. The Morgan fingerprint density at radius 3 is 2.45 bits per heavy atom. The number of nitrogens with zero attached hydrogens (tertiary/aromatic N) is 3. The Morgan fingerprint density at radius 2 is 1.75 bits per heavy atom. The molecule has 0 saturated carbocycles. The van der Waals surface area contributed by atoms with Gasteiger partial charge in [-0.3, -0.25) is 24.5 Å². The fourth-order valence-electron chi connectivity index (χ4n) is 5.48. The summed E-state index contributed by atoms with van der Waals surface area (Å²) in [7, 11) is 0. The van der Waals surface area contributed by atoms with Crippen LogP contribution in [0.4, 0.5) is 0 Å². The Balaban J connectivity index is 1.30. The zero-order chi connectivity index (χ0) is 31.4. The Kier molecular flexibility index (Phi) is 9.93. The van der Waals surface area contributed by atoms with Crippen molar-refractivity contribution in [3.63, 3.8) is 0 Å². The smallest absolute Gasteiger partial charge is 0.252 e. The third-order valence-electron chi connectivity index (χ3n) is 7.90. The highest BCUT2D eigenvalue weighted by atomic mass is 35.5. The largest absolute Gasteiger partial charge is 0.491 e. The van der Waals surface area contributed by atoms with Gasteiger partial charge in [-0.1, -0.05) is 56.5 Å². The number of ether oxygens (including phenoxy) is 2. The van der Waals surface area contributed by atoms with Gasteiger partial charge in [-0.2, -0.15) is 0 Å². The number of hydrogen-bond acceptors (Lipinski definition) is 7. The lowest BCUT2D eigenvalue weighted by molar-refractivity contribution is -0.117. The van der Waals surface area contributed by atoms with Gasteiger partial charge in [-0.05, 0) is 61.3 Å². The number of primary amides is 1. The van der Waals surface area contributed by atoms with Crippen molar-refractivity contribution in [1.29, 1.82) is 0 Å². The van der Waals surface area contributed by atoms with Crippen molar-refractivity contribution in [2.45, 2.75) is 52.9 Å². The van der Waals surface area contributed by atoms with Crippen LogP contribution in [0.1, 0.15) is 62.4 Å². The van der Waals surface area contributed by atoms with E-state index in [1.165, 1.54) is 19.3 Å². The van der Waals surface area contributed by atoms with E-state index in [1.54, 1.807) is 36.5 Å². The molecule has 8 nitrogen and oxygen atoms in total. The molecule has 44 heavy (non-hydrogen) atoms. The van der Waals surface area contributed by atoms with Crippen LogP contribution in [0.15, 0.2) is 53.2 Å². The number of hydrogen-bond donors (Lipinski definition) is 1. The van der Waals surface area contributed by atoms with Crippen LogP contribution in [0.25, 0.3) is 10.9 Å². The quantitative estimate of drug-likeness (QED) is 0.238. The molecule has 0 atom stereocenters. The number of carbonyl (C=O) groups is 2. The average Bonchev–Trinajstić information content (AvgIpc) is 3.46. The summed E-state index contributed by atoms with van der Waals surface area (Å²) in [6.45, 7) is 10.2. The van der Waals surface area contributed by atoms with E-state index in [0.29, 0.717) is 53.3 Å². The van der Waals surface area contributed by atoms with E-state index in [-0.39, 0.29) is 33.2 Å². The molecular weight excluding hydrogens is 599 g/mol. The van der Waals surface area contributed by atoms with Gasteiger partial charge in [0.15, 0.2) is 0 Å². The van der Waals surface area contributed by atoms with Crippen LogP contribution in [0, 0.1) is 5.41 Å². The van der Waals surface area contributed by atoms with Gasteiger partial charge in [-0.15, -0.1) is 0 Å². The first-order valence-electron chi connectivity index (χ1n) is 15.0. The molecule has 2 aliphatic rings. The number of allylic oxidation sites excluding steroid dienone is 1. The van der Waals surface area contributed by atoms with Crippen LogP contribution < -0.4 is 15.2 Å². The third kappa shape index (κ3) is 7.60. The topological polar surface area (TPSA) is 107 Å². The summed E-state index contributed by atoms with van der Waals surface area (Å²) in [6.07, 6.45) is 7.73. The fourth-order valence-corrected chi connectivity index (χ4v) is 5.93. The van der Waals surface area contributed by atoms with Gasteiger partial charge in [0.25, 0.3) is 5.91 Å². The Hall–Kier alpha value is -3.46. The highest BCUT2D eigenvalue weighted by molar-refractivity contribution is 6.43. The number of benzene rings is 2. The minimum absolute atomic E-state index is 0.0290. The van der Waals surface area contributed by atoms with Gasteiger partial charge in [0, 0.05) is 48.2 Å². The summed E-state index contributed by atoms with van der Waals surface area (Å²) in [4.78, 5) is 36.7. The number of ketones is 1. The van der Waals surface area contributed by atoms with Gasteiger partial charge < -0.3 is 15.2 Å². The second kappa shape index (κ2) is 13.7. The number of aliphatic imine (C=N–C) groups is 1. The molecule has 1 amide bonds. The summed E-state index contributed by atoms with van der Waals surface area (Å²) in [5, 5.41) is 1.01. The van der Waals surface area contributed by atoms with Gasteiger partial charge >= 0.3 is 0 Å². The maximum Gasteiger partial charge on any atom is 0.252 e. The lowest BCUT2D eigenvalue weighted by atomic mass is 9.89. The first kappa shape index (κ1) is 31.9. The second-order valence-electron chi connectivity index (χ2n) is 12.4. The van der Waals surface area contributed by atoms with E-state index in [2.05, 4.69) is 35.6 Å². The Bertz CT molecular complexity index is 1640. The number of nitrogens with two attached hydrogens (primary N) is 1. The molecule has 2 aliphatic heterocycles. The summed E-state index contributed by atoms with van der Waals surface area (Å²) in [6, 6.07) is 8.44. The number of amides is 1. The standard InChI is InChI=1S/C34H38Cl2N4O4/c1-34(2,3)30-16-21(20-39-30)15-23(41)17-22-7-8-28(32(36)31(22)35)44-27-9-10-38-26-19-29(25(33(37)42)18-24(26)27)43-14-13-40-11-5-4-6-12-40/h7-10,16,18-19H,4-6,11-15,17,20H2,1-3H3,(H2,37,42). The first-order chi connectivity index (χ1) is 21.0. The van der Waals surface area contributed by atoms with Crippen molar-refractivity contribution < 1.29 is 19.1 Å². The van der Waals surface area contributed by atoms with Crippen molar-refractivity contribution in [1.82, 2.24) is 9.88 Å². The lowest BCUT2D eigenvalue weighted by Gasteiger charge is -2.26.